The Balaban J connectivity index is 1.46. The first-order valence-corrected chi connectivity index (χ1v) is 10.7. The van der Waals surface area contributed by atoms with Gasteiger partial charge in [0.1, 0.15) is 23.8 Å². The smallest absolute Gasteiger partial charge is 0.225 e. The number of methoxy groups -OCH3 is 1. The number of aryl methyl sites for hydroxylation is 2. The number of ether oxygens (including phenoxy) is 1. The highest BCUT2D eigenvalue weighted by Crippen LogP contribution is 2.34. The molecular weight excluding hydrogens is 427 g/mol. The molecule has 1 aliphatic heterocycles. The van der Waals surface area contributed by atoms with Crippen LogP contribution in [0.5, 0.6) is 0 Å². The Morgan fingerprint density at radius 1 is 1.24 bits per heavy atom. The quantitative estimate of drug-likeness (QED) is 0.492. The molecule has 0 spiro atoms. The Kier molecular flexibility index (Phi) is 6.43. The molecule has 0 saturated heterocycles. The largest absolute Gasteiger partial charge is 0.379 e. The predicted molar refractivity (Wildman–Crippen MR) is 123 cm³/mol. The van der Waals surface area contributed by atoms with Gasteiger partial charge in [-0.25, -0.2) is 9.37 Å². The number of nitrogens with zero attached hydrogens (tertiary/aromatic N) is 6. The number of rotatable bonds is 7. The summed E-state index contributed by atoms with van der Waals surface area (Å²) in [5, 5.41) is 21.2. The number of hydrogen-bond acceptors (Lipinski definition) is 9. The van der Waals surface area contributed by atoms with Crippen molar-refractivity contribution < 1.29 is 14.2 Å². The first-order valence-electron chi connectivity index (χ1n) is 10.7. The fraction of sp³-hybridized carbons (Fsp3) is 0.455. The van der Waals surface area contributed by atoms with Gasteiger partial charge in [-0.15, -0.1) is 0 Å². The maximum Gasteiger partial charge on any atom is 0.225 e. The van der Waals surface area contributed by atoms with Gasteiger partial charge in [-0.05, 0) is 32.4 Å². The van der Waals surface area contributed by atoms with Gasteiger partial charge in [-0.2, -0.15) is 10.1 Å². The topological polar surface area (TPSA) is 113 Å². The molecule has 0 aliphatic carbocycles. The Morgan fingerprint density at radius 2 is 2.03 bits per heavy atom. The van der Waals surface area contributed by atoms with E-state index in [0.717, 1.165) is 16.8 Å². The van der Waals surface area contributed by atoms with E-state index in [1.165, 1.54) is 6.07 Å². The molecule has 1 unspecified atom stereocenters. The second-order valence-corrected chi connectivity index (χ2v) is 8.27. The molecule has 3 atom stereocenters. The monoisotopic (exact) mass is 456 g/mol. The molecule has 10 nitrogen and oxygen atoms in total. The van der Waals surface area contributed by atoms with Crippen molar-refractivity contribution in [1.29, 1.82) is 0 Å². The van der Waals surface area contributed by atoms with Crippen LogP contribution in [0.3, 0.4) is 0 Å². The number of pyridine rings is 1. The van der Waals surface area contributed by atoms with Gasteiger partial charge in [-0.1, -0.05) is 0 Å². The third-order valence-electron chi connectivity index (χ3n) is 5.88. The molecule has 1 aliphatic rings. The molecular formula is C22H29FN8O2. The summed E-state index contributed by atoms with van der Waals surface area (Å²) in [7, 11) is 3.50. The van der Waals surface area contributed by atoms with Gasteiger partial charge in [0.15, 0.2) is 5.82 Å². The van der Waals surface area contributed by atoms with E-state index in [1.807, 2.05) is 32.0 Å². The van der Waals surface area contributed by atoms with Crippen molar-refractivity contribution in [2.24, 2.45) is 0 Å². The van der Waals surface area contributed by atoms with Crippen molar-refractivity contribution in [2.75, 3.05) is 29.7 Å². The van der Waals surface area contributed by atoms with Crippen LogP contribution in [0.2, 0.25) is 0 Å². The highest BCUT2D eigenvalue weighted by molar-refractivity contribution is 5.72. The molecule has 0 aromatic carbocycles. The first-order chi connectivity index (χ1) is 15.8. The Hall–Kier alpha value is -3.31. The van der Waals surface area contributed by atoms with Crippen molar-refractivity contribution in [1.82, 2.24) is 24.7 Å². The number of aromatic nitrogens is 5. The van der Waals surface area contributed by atoms with Gasteiger partial charge in [0, 0.05) is 38.7 Å². The molecule has 0 fully saturated rings. The van der Waals surface area contributed by atoms with Crippen LogP contribution >= 0.6 is 0 Å². The molecule has 0 bridgehead atoms. The lowest BCUT2D eigenvalue weighted by molar-refractivity contribution is 0.0411. The van der Waals surface area contributed by atoms with Crippen molar-refractivity contribution in [3.63, 3.8) is 0 Å². The average Bonchev–Trinajstić information content (AvgIpc) is 3.23. The third kappa shape index (κ3) is 4.74. The van der Waals surface area contributed by atoms with E-state index < -0.39 is 6.23 Å². The summed E-state index contributed by atoms with van der Waals surface area (Å²) in [6.07, 6.45) is 4.27. The van der Waals surface area contributed by atoms with Crippen LogP contribution < -0.4 is 15.5 Å². The molecule has 3 N–H and O–H groups in total. The van der Waals surface area contributed by atoms with Gasteiger partial charge < -0.3 is 25.4 Å². The van der Waals surface area contributed by atoms with Gasteiger partial charge in [0.25, 0.3) is 0 Å². The summed E-state index contributed by atoms with van der Waals surface area (Å²) in [5.41, 5.74) is 3.47. The highest BCUT2D eigenvalue weighted by atomic mass is 19.1. The maximum atomic E-state index is 13.7. The predicted octanol–water partition coefficient (Wildman–Crippen LogP) is 2.07. The Morgan fingerprint density at radius 3 is 2.76 bits per heavy atom. The second-order valence-electron chi connectivity index (χ2n) is 8.27. The maximum absolute atomic E-state index is 13.7. The van der Waals surface area contributed by atoms with Crippen molar-refractivity contribution >= 4 is 17.5 Å². The molecule has 176 valence electrons. The van der Waals surface area contributed by atoms with Gasteiger partial charge in [0.2, 0.25) is 5.95 Å². The summed E-state index contributed by atoms with van der Waals surface area (Å²) in [6.45, 7) is 6.30. The highest BCUT2D eigenvalue weighted by Gasteiger charge is 2.37. The average molecular weight is 457 g/mol. The second kappa shape index (κ2) is 9.28. The lowest BCUT2D eigenvalue weighted by Gasteiger charge is -2.42. The molecule has 3 aromatic rings. The van der Waals surface area contributed by atoms with Crippen molar-refractivity contribution in [3.8, 4) is 0 Å². The summed E-state index contributed by atoms with van der Waals surface area (Å²) < 4.78 is 20.9. The number of aliphatic hydroxyl groups excluding tert-OH is 1. The number of halogens is 1. The SMILES string of the molecule is CO[C@H](C)[C@H]1C(O)Nc2c(C)nc(NCc3cnn(Cc4cnc(C)c(F)c4)c3)nc2N1C. The number of aliphatic hydroxyl groups is 1. The Labute approximate surface area is 191 Å². The fourth-order valence-corrected chi connectivity index (χ4v) is 3.94. The minimum absolute atomic E-state index is 0.208. The summed E-state index contributed by atoms with van der Waals surface area (Å²) in [5.74, 6) is 0.835. The summed E-state index contributed by atoms with van der Waals surface area (Å²) >= 11 is 0. The van der Waals surface area contributed by atoms with Crippen molar-refractivity contribution in [3.05, 3.63) is 53.0 Å². The zero-order valence-electron chi connectivity index (χ0n) is 19.4. The fourth-order valence-electron chi connectivity index (χ4n) is 3.94. The van der Waals surface area contributed by atoms with E-state index in [-0.39, 0.29) is 18.0 Å². The normalized spacial score (nSPS) is 18.6. The zero-order valence-corrected chi connectivity index (χ0v) is 19.4. The van der Waals surface area contributed by atoms with E-state index >= 15 is 0 Å². The van der Waals surface area contributed by atoms with Crippen molar-refractivity contribution in [2.45, 2.75) is 52.2 Å². The van der Waals surface area contributed by atoms with Crippen LogP contribution in [0.1, 0.15) is 29.4 Å². The number of nitrogens with one attached hydrogen (secondary N) is 2. The van der Waals surface area contributed by atoms with E-state index in [0.29, 0.717) is 36.2 Å². The molecule has 4 rings (SSSR count). The molecule has 11 heteroatoms. The number of hydrogen-bond donors (Lipinski definition) is 3. The molecule has 0 amide bonds. The van der Waals surface area contributed by atoms with Gasteiger partial charge in [0.05, 0.1) is 30.2 Å². The van der Waals surface area contributed by atoms with E-state index in [2.05, 4.69) is 30.7 Å². The lowest BCUT2D eigenvalue weighted by Crippen LogP contribution is -2.55. The van der Waals surface area contributed by atoms with Crippen LogP contribution in [0.4, 0.5) is 21.8 Å². The lowest BCUT2D eigenvalue weighted by atomic mass is 10.1. The Bertz CT molecular complexity index is 1140. The summed E-state index contributed by atoms with van der Waals surface area (Å²) in [4.78, 5) is 15.2. The van der Waals surface area contributed by atoms with Gasteiger partial charge in [-0.3, -0.25) is 9.67 Å². The molecule has 0 saturated carbocycles. The first kappa shape index (κ1) is 22.9. The number of likely N-dealkylation sites (N-methyl/N-ethyl adjacent to an activating group) is 1. The number of fused-ring (bicyclic) bond motifs is 1. The third-order valence-corrected chi connectivity index (χ3v) is 5.88. The van der Waals surface area contributed by atoms with Crippen LogP contribution in [0.15, 0.2) is 24.7 Å². The van der Waals surface area contributed by atoms with Crippen LogP contribution in [0.25, 0.3) is 0 Å². The minimum Gasteiger partial charge on any atom is -0.379 e. The summed E-state index contributed by atoms with van der Waals surface area (Å²) in [6, 6.07) is 1.18. The molecule has 0 radical (unpaired) electrons. The number of anilines is 3. The van der Waals surface area contributed by atoms with Crippen LogP contribution in [-0.4, -0.2) is 62.4 Å². The standard InChI is InChI=1S/C22H29FN8O2/c1-12-17(23)6-15(7-24-12)10-31-11-16(9-26-31)8-25-22-27-13(2)18-20(29-22)30(4)19(14(3)33-5)21(32)28-18/h6-7,9,11,14,19,21,28,32H,8,10H2,1-5H3,(H,25,27,29)/t14-,19+,21?/m1/s1. The minimum atomic E-state index is -0.804. The van der Waals surface area contributed by atoms with Crippen LogP contribution in [-0.2, 0) is 17.8 Å². The van der Waals surface area contributed by atoms with E-state index in [9.17, 15) is 9.50 Å². The zero-order chi connectivity index (χ0) is 23.7. The molecule has 3 aromatic heterocycles. The van der Waals surface area contributed by atoms with Crippen LogP contribution in [0, 0.1) is 19.7 Å². The molecule has 33 heavy (non-hydrogen) atoms. The molecule has 4 heterocycles. The van der Waals surface area contributed by atoms with Gasteiger partial charge >= 0.3 is 0 Å². The van der Waals surface area contributed by atoms with E-state index in [1.54, 1.807) is 31.1 Å². The van der Waals surface area contributed by atoms with E-state index in [4.69, 9.17) is 4.74 Å².